The van der Waals surface area contributed by atoms with E-state index >= 15 is 0 Å². The zero-order chi connectivity index (χ0) is 6.69. The Morgan fingerprint density at radius 3 is 2.89 bits per heavy atom. The molecule has 0 saturated carbocycles. The highest BCUT2D eigenvalue weighted by Crippen LogP contribution is 2.02. The molecule has 48 valence electrons. The number of halogens is 1. The first-order valence-electron chi connectivity index (χ1n) is 2.62. The standard InChI is InChI=1S/C6H6ClNO/c7-6(9)5-3-1-2-4-8-5/h2-4,8H,1H2. The van der Waals surface area contributed by atoms with E-state index in [-0.39, 0.29) is 0 Å². The third-order valence-corrected chi connectivity index (χ3v) is 1.23. The Bertz CT molecular complexity index is 183. The molecule has 1 aliphatic heterocycles. The molecule has 0 aromatic heterocycles. The molecule has 0 aliphatic carbocycles. The number of carbonyl (C=O) groups excluding carboxylic acids is 1. The van der Waals surface area contributed by atoms with Gasteiger partial charge in [-0.05, 0) is 24.2 Å². The Kier molecular flexibility index (Phi) is 1.90. The fourth-order valence-corrected chi connectivity index (χ4v) is 0.730. The van der Waals surface area contributed by atoms with Gasteiger partial charge in [0, 0.05) is 0 Å². The average Bonchev–Trinajstić information content (AvgIpc) is 1.90. The van der Waals surface area contributed by atoms with Crippen molar-refractivity contribution >= 4 is 16.8 Å². The molecule has 9 heavy (non-hydrogen) atoms. The number of rotatable bonds is 1. The number of nitrogens with one attached hydrogen (secondary N) is 1. The van der Waals surface area contributed by atoms with Crippen LogP contribution in [0.2, 0.25) is 0 Å². The summed E-state index contributed by atoms with van der Waals surface area (Å²) in [6, 6.07) is 0. The molecular formula is C6H6ClNO. The van der Waals surface area contributed by atoms with Crippen molar-refractivity contribution in [3.05, 3.63) is 24.0 Å². The minimum Gasteiger partial charge on any atom is -0.358 e. The lowest BCUT2D eigenvalue weighted by molar-refractivity contribution is -0.108. The largest absolute Gasteiger partial charge is 0.358 e. The summed E-state index contributed by atoms with van der Waals surface area (Å²) in [5.41, 5.74) is 0.471. The summed E-state index contributed by atoms with van der Waals surface area (Å²) in [6.45, 7) is 0. The van der Waals surface area contributed by atoms with E-state index in [1.54, 1.807) is 12.3 Å². The van der Waals surface area contributed by atoms with E-state index in [9.17, 15) is 4.79 Å². The van der Waals surface area contributed by atoms with Crippen LogP contribution in [-0.2, 0) is 4.79 Å². The van der Waals surface area contributed by atoms with E-state index in [0.29, 0.717) is 5.70 Å². The molecule has 3 heteroatoms. The Morgan fingerprint density at radius 2 is 2.56 bits per heavy atom. The van der Waals surface area contributed by atoms with Gasteiger partial charge in [0.2, 0.25) is 0 Å². The third kappa shape index (κ3) is 1.57. The van der Waals surface area contributed by atoms with Crippen LogP contribution in [0, 0.1) is 0 Å². The van der Waals surface area contributed by atoms with Gasteiger partial charge in [-0.2, -0.15) is 0 Å². The second kappa shape index (κ2) is 2.69. The Balaban J connectivity index is 2.61. The quantitative estimate of drug-likeness (QED) is 0.558. The minimum atomic E-state index is -0.431. The number of hydrogen-bond donors (Lipinski definition) is 1. The SMILES string of the molecule is O=C(Cl)C1=CCC=CN1. The van der Waals surface area contributed by atoms with Crippen molar-refractivity contribution in [2.24, 2.45) is 0 Å². The van der Waals surface area contributed by atoms with Gasteiger partial charge in [0.05, 0.1) is 5.70 Å². The van der Waals surface area contributed by atoms with Crippen molar-refractivity contribution in [1.29, 1.82) is 0 Å². The molecule has 0 saturated heterocycles. The van der Waals surface area contributed by atoms with Gasteiger partial charge >= 0.3 is 0 Å². The molecule has 0 radical (unpaired) electrons. The van der Waals surface area contributed by atoms with E-state index in [1.165, 1.54) is 0 Å². The van der Waals surface area contributed by atoms with Crippen LogP contribution in [0.25, 0.3) is 0 Å². The molecule has 0 unspecified atom stereocenters. The highest BCUT2D eigenvalue weighted by Gasteiger charge is 2.03. The lowest BCUT2D eigenvalue weighted by Gasteiger charge is -2.03. The first-order valence-corrected chi connectivity index (χ1v) is 3.00. The van der Waals surface area contributed by atoms with Gasteiger partial charge in [0.1, 0.15) is 0 Å². The van der Waals surface area contributed by atoms with Gasteiger partial charge in [-0.1, -0.05) is 12.2 Å². The summed E-state index contributed by atoms with van der Waals surface area (Å²) in [5, 5.41) is 2.29. The maximum absolute atomic E-state index is 10.4. The molecule has 0 aromatic carbocycles. The summed E-state index contributed by atoms with van der Waals surface area (Å²) >= 11 is 5.15. The van der Waals surface area contributed by atoms with Crippen molar-refractivity contribution in [3.63, 3.8) is 0 Å². The van der Waals surface area contributed by atoms with Crippen LogP contribution < -0.4 is 5.32 Å². The highest BCUT2D eigenvalue weighted by molar-refractivity contribution is 6.67. The van der Waals surface area contributed by atoms with E-state index in [2.05, 4.69) is 5.32 Å². The number of hydrogen-bond acceptors (Lipinski definition) is 2. The molecule has 1 aliphatic rings. The van der Waals surface area contributed by atoms with Crippen LogP contribution in [0.1, 0.15) is 6.42 Å². The summed E-state index contributed by atoms with van der Waals surface area (Å²) in [5.74, 6) is 0. The van der Waals surface area contributed by atoms with Crippen LogP contribution in [0.5, 0.6) is 0 Å². The molecule has 0 bridgehead atoms. The lowest BCUT2D eigenvalue weighted by Crippen LogP contribution is -2.12. The zero-order valence-corrected chi connectivity index (χ0v) is 5.48. The number of allylic oxidation sites excluding steroid dienone is 3. The Morgan fingerprint density at radius 1 is 1.78 bits per heavy atom. The van der Waals surface area contributed by atoms with Gasteiger partial charge in [0.25, 0.3) is 5.24 Å². The molecule has 0 amide bonds. The second-order valence-electron chi connectivity index (χ2n) is 1.67. The predicted octanol–water partition coefficient (Wildman–Crippen LogP) is 1.14. The van der Waals surface area contributed by atoms with Crippen LogP contribution in [-0.4, -0.2) is 5.24 Å². The molecular weight excluding hydrogens is 138 g/mol. The lowest BCUT2D eigenvalue weighted by atomic mass is 10.3. The van der Waals surface area contributed by atoms with Gasteiger partial charge in [0.15, 0.2) is 0 Å². The van der Waals surface area contributed by atoms with E-state index < -0.39 is 5.24 Å². The van der Waals surface area contributed by atoms with Crippen LogP contribution in [0.3, 0.4) is 0 Å². The van der Waals surface area contributed by atoms with Crippen molar-refractivity contribution in [1.82, 2.24) is 5.32 Å². The van der Waals surface area contributed by atoms with Gasteiger partial charge in [-0.15, -0.1) is 0 Å². The molecule has 1 N–H and O–H groups in total. The molecule has 0 fully saturated rings. The topological polar surface area (TPSA) is 29.1 Å². The predicted molar refractivity (Wildman–Crippen MR) is 35.8 cm³/mol. The van der Waals surface area contributed by atoms with Crippen LogP contribution >= 0.6 is 11.6 Å². The van der Waals surface area contributed by atoms with Crippen molar-refractivity contribution in [2.45, 2.75) is 6.42 Å². The van der Waals surface area contributed by atoms with E-state index in [1.807, 2.05) is 6.08 Å². The number of carbonyl (C=O) groups is 1. The molecule has 0 spiro atoms. The maximum Gasteiger partial charge on any atom is 0.268 e. The summed E-state index contributed by atoms with van der Waals surface area (Å²) < 4.78 is 0. The fourth-order valence-electron chi connectivity index (χ4n) is 0.599. The van der Waals surface area contributed by atoms with Gasteiger partial charge in [-0.3, -0.25) is 4.79 Å². The van der Waals surface area contributed by atoms with Crippen LogP contribution in [0.4, 0.5) is 0 Å². The molecule has 1 rings (SSSR count). The third-order valence-electron chi connectivity index (χ3n) is 1.03. The monoisotopic (exact) mass is 143 g/mol. The van der Waals surface area contributed by atoms with E-state index in [4.69, 9.17) is 11.6 Å². The molecule has 2 nitrogen and oxygen atoms in total. The first-order chi connectivity index (χ1) is 4.30. The normalized spacial score (nSPS) is 16.3. The molecule has 1 heterocycles. The Labute approximate surface area is 58.2 Å². The summed E-state index contributed by atoms with van der Waals surface area (Å²) in [7, 11) is 0. The smallest absolute Gasteiger partial charge is 0.268 e. The molecule has 0 aromatic rings. The van der Waals surface area contributed by atoms with E-state index in [0.717, 1.165) is 6.42 Å². The molecule has 0 atom stereocenters. The number of dihydropyridines is 1. The first kappa shape index (κ1) is 6.36. The Hall–Kier alpha value is -0.760. The summed E-state index contributed by atoms with van der Waals surface area (Å²) in [4.78, 5) is 10.4. The summed E-state index contributed by atoms with van der Waals surface area (Å²) in [6.07, 6.45) is 6.13. The minimum absolute atomic E-state index is 0.431. The maximum atomic E-state index is 10.4. The zero-order valence-electron chi connectivity index (χ0n) is 4.73. The highest BCUT2D eigenvalue weighted by atomic mass is 35.5. The van der Waals surface area contributed by atoms with Crippen LogP contribution in [0.15, 0.2) is 24.0 Å². The van der Waals surface area contributed by atoms with Crippen molar-refractivity contribution in [2.75, 3.05) is 0 Å². The van der Waals surface area contributed by atoms with Gasteiger partial charge < -0.3 is 5.32 Å². The van der Waals surface area contributed by atoms with Crippen molar-refractivity contribution < 1.29 is 4.79 Å². The van der Waals surface area contributed by atoms with Crippen molar-refractivity contribution in [3.8, 4) is 0 Å². The second-order valence-corrected chi connectivity index (χ2v) is 2.02. The van der Waals surface area contributed by atoms with Gasteiger partial charge in [-0.25, -0.2) is 0 Å². The average molecular weight is 144 g/mol. The fraction of sp³-hybridized carbons (Fsp3) is 0.167.